The fraction of sp³-hybridized carbons (Fsp3) is 0.250. The molecule has 0 saturated carbocycles. The summed E-state index contributed by atoms with van der Waals surface area (Å²) in [5, 5.41) is 9.80. The lowest BCUT2D eigenvalue weighted by molar-refractivity contribution is 0.0955. The second-order valence-corrected chi connectivity index (χ2v) is 6.35. The summed E-state index contributed by atoms with van der Waals surface area (Å²) < 4.78 is 10.0. The zero-order chi connectivity index (χ0) is 17.8. The van der Waals surface area contributed by atoms with Crippen LogP contribution in [0.15, 0.2) is 33.4 Å². The Morgan fingerprint density at radius 3 is 2.80 bits per heavy atom. The first-order chi connectivity index (χ1) is 12.0. The van der Waals surface area contributed by atoms with Crippen LogP contribution in [0.4, 0.5) is 5.00 Å². The average Bonchev–Trinajstić information content (AvgIpc) is 3.29. The van der Waals surface area contributed by atoms with E-state index in [9.17, 15) is 9.59 Å². The largest absolute Gasteiger partial charge is 0.459 e. The van der Waals surface area contributed by atoms with Crippen LogP contribution in [0, 0.1) is 13.8 Å². The minimum absolute atomic E-state index is 0.211. The van der Waals surface area contributed by atoms with Crippen molar-refractivity contribution in [3.8, 4) is 0 Å². The third-order valence-electron chi connectivity index (χ3n) is 3.30. The van der Waals surface area contributed by atoms with Gasteiger partial charge < -0.3 is 19.6 Å². The van der Waals surface area contributed by atoms with Crippen molar-refractivity contribution in [1.29, 1.82) is 0 Å². The molecule has 9 heteroatoms. The molecule has 0 unspecified atom stereocenters. The van der Waals surface area contributed by atoms with Gasteiger partial charge in [-0.15, -0.1) is 11.3 Å². The minimum atomic E-state index is -0.357. The number of nitrogens with one attached hydrogen (secondary N) is 2. The van der Waals surface area contributed by atoms with Gasteiger partial charge in [-0.25, -0.2) is 0 Å². The van der Waals surface area contributed by atoms with Crippen LogP contribution in [0.2, 0.25) is 0 Å². The third-order valence-corrected chi connectivity index (χ3v) is 4.45. The van der Waals surface area contributed by atoms with E-state index in [1.165, 1.54) is 17.6 Å². The van der Waals surface area contributed by atoms with Crippen LogP contribution in [-0.4, -0.2) is 28.5 Å². The van der Waals surface area contributed by atoms with E-state index in [2.05, 4.69) is 20.8 Å². The maximum atomic E-state index is 12.3. The van der Waals surface area contributed by atoms with Gasteiger partial charge in [-0.1, -0.05) is 5.16 Å². The highest BCUT2D eigenvalue weighted by Gasteiger charge is 2.16. The van der Waals surface area contributed by atoms with Gasteiger partial charge in [-0.2, -0.15) is 4.98 Å². The van der Waals surface area contributed by atoms with Crippen LogP contribution in [0.3, 0.4) is 0 Å². The molecule has 0 fully saturated rings. The number of amides is 2. The van der Waals surface area contributed by atoms with Gasteiger partial charge in [-0.3, -0.25) is 9.59 Å². The second kappa shape index (κ2) is 7.31. The van der Waals surface area contributed by atoms with Gasteiger partial charge >= 0.3 is 0 Å². The first kappa shape index (κ1) is 16.9. The predicted molar refractivity (Wildman–Crippen MR) is 90.8 cm³/mol. The summed E-state index contributed by atoms with van der Waals surface area (Å²) in [4.78, 5) is 28.9. The number of hydrogen-bond acceptors (Lipinski definition) is 7. The van der Waals surface area contributed by atoms with E-state index in [1.807, 2.05) is 6.92 Å². The molecule has 0 aliphatic heterocycles. The van der Waals surface area contributed by atoms with E-state index in [4.69, 9.17) is 8.94 Å². The van der Waals surface area contributed by atoms with Crippen molar-refractivity contribution >= 4 is 28.2 Å². The minimum Gasteiger partial charge on any atom is -0.459 e. The van der Waals surface area contributed by atoms with E-state index >= 15 is 0 Å². The van der Waals surface area contributed by atoms with E-state index in [0.29, 0.717) is 34.6 Å². The van der Waals surface area contributed by atoms with Gasteiger partial charge in [-0.05, 0) is 37.6 Å². The Kier molecular flexibility index (Phi) is 4.94. The maximum Gasteiger partial charge on any atom is 0.291 e. The van der Waals surface area contributed by atoms with Gasteiger partial charge in [0.1, 0.15) is 0 Å². The van der Waals surface area contributed by atoms with Crippen LogP contribution >= 0.6 is 11.3 Å². The lowest BCUT2D eigenvalue weighted by Crippen LogP contribution is -2.25. The molecule has 8 nitrogen and oxygen atoms in total. The summed E-state index contributed by atoms with van der Waals surface area (Å²) in [6.45, 7) is 3.93. The molecule has 0 spiro atoms. The smallest absolute Gasteiger partial charge is 0.291 e. The molecule has 3 rings (SSSR count). The van der Waals surface area contributed by atoms with Crippen LogP contribution < -0.4 is 10.6 Å². The molecule has 3 aromatic rings. The number of aryl methyl sites for hydroxylation is 2. The van der Waals surface area contributed by atoms with E-state index < -0.39 is 0 Å². The molecular weight excluding hydrogens is 344 g/mol. The molecule has 2 N–H and O–H groups in total. The fourth-order valence-electron chi connectivity index (χ4n) is 2.16. The molecule has 2 amide bonds. The summed E-state index contributed by atoms with van der Waals surface area (Å²) in [6, 6.07) is 4.96. The summed E-state index contributed by atoms with van der Waals surface area (Å²) in [5.74, 6) is 0.689. The highest BCUT2D eigenvalue weighted by atomic mass is 32.1. The zero-order valence-corrected chi connectivity index (χ0v) is 14.5. The lowest BCUT2D eigenvalue weighted by atomic mass is 10.2. The monoisotopic (exact) mass is 360 g/mol. The molecule has 3 heterocycles. The molecular formula is C16H16N4O4S. The second-order valence-electron chi connectivity index (χ2n) is 5.30. The fourth-order valence-corrected chi connectivity index (χ4v) is 3.14. The highest BCUT2D eigenvalue weighted by molar-refractivity contribution is 7.18. The van der Waals surface area contributed by atoms with Gasteiger partial charge in [0.15, 0.2) is 11.6 Å². The van der Waals surface area contributed by atoms with E-state index in [0.717, 1.165) is 5.56 Å². The predicted octanol–water partition coefficient (Wildman–Crippen LogP) is 2.57. The van der Waals surface area contributed by atoms with Gasteiger partial charge in [0.2, 0.25) is 5.89 Å². The van der Waals surface area contributed by atoms with Crippen molar-refractivity contribution < 1.29 is 18.5 Å². The van der Waals surface area contributed by atoms with Crippen molar-refractivity contribution in [2.45, 2.75) is 20.3 Å². The number of carbonyl (C=O) groups is 2. The number of rotatable bonds is 6. The average molecular weight is 360 g/mol. The topological polar surface area (TPSA) is 110 Å². The number of furan rings is 1. The molecule has 0 aliphatic rings. The molecule has 25 heavy (non-hydrogen) atoms. The van der Waals surface area contributed by atoms with Crippen LogP contribution in [0.1, 0.15) is 37.5 Å². The van der Waals surface area contributed by atoms with Crippen molar-refractivity contribution in [1.82, 2.24) is 15.5 Å². The molecule has 0 aliphatic carbocycles. The Morgan fingerprint density at radius 2 is 2.12 bits per heavy atom. The van der Waals surface area contributed by atoms with Crippen molar-refractivity contribution in [3.05, 3.63) is 52.4 Å². The first-order valence-electron chi connectivity index (χ1n) is 7.55. The normalized spacial score (nSPS) is 10.6. The SMILES string of the molecule is Cc1noc(CCNC(=O)c2sc(NC(=O)c3ccco3)cc2C)n1. The number of carbonyl (C=O) groups excluding carboxylic acids is 2. The summed E-state index contributed by atoms with van der Waals surface area (Å²) >= 11 is 1.21. The van der Waals surface area contributed by atoms with Gasteiger partial charge in [0.25, 0.3) is 11.8 Å². The number of aromatic nitrogens is 2. The number of hydrogen-bond donors (Lipinski definition) is 2. The Morgan fingerprint density at radius 1 is 1.28 bits per heavy atom. The Bertz CT molecular complexity index is 882. The number of nitrogens with zero attached hydrogens (tertiary/aromatic N) is 2. The quantitative estimate of drug-likeness (QED) is 0.699. The maximum absolute atomic E-state index is 12.3. The van der Waals surface area contributed by atoms with Gasteiger partial charge in [0, 0.05) is 13.0 Å². The molecule has 0 saturated heterocycles. The summed E-state index contributed by atoms with van der Waals surface area (Å²) in [5.41, 5.74) is 0.783. The lowest BCUT2D eigenvalue weighted by Gasteiger charge is -2.02. The molecule has 0 atom stereocenters. The third kappa shape index (κ3) is 4.13. The first-order valence-corrected chi connectivity index (χ1v) is 8.37. The summed E-state index contributed by atoms with van der Waals surface area (Å²) in [6.07, 6.45) is 1.89. The van der Waals surface area contributed by atoms with Gasteiger partial charge in [0.05, 0.1) is 16.1 Å². The van der Waals surface area contributed by atoms with Crippen molar-refractivity contribution in [2.24, 2.45) is 0 Å². The van der Waals surface area contributed by atoms with Crippen LogP contribution in [-0.2, 0) is 6.42 Å². The van der Waals surface area contributed by atoms with Crippen LogP contribution in [0.25, 0.3) is 0 Å². The molecule has 0 aromatic carbocycles. The number of anilines is 1. The molecule has 3 aromatic heterocycles. The summed E-state index contributed by atoms with van der Waals surface area (Å²) in [7, 11) is 0. The Balaban J connectivity index is 1.57. The Hall–Kier alpha value is -2.94. The van der Waals surface area contributed by atoms with Crippen molar-refractivity contribution in [3.63, 3.8) is 0 Å². The van der Waals surface area contributed by atoms with E-state index in [-0.39, 0.29) is 17.6 Å². The molecule has 0 bridgehead atoms. The standard InChI is InChI=1S/C16H16N4O4S/c1-9-8-13(19-15(21)11-4-3-7-23-11)25-14(9)16(22)17-6-5-12-18-10(2)20-24-12/h3-4,7-8H,5-6H2,1-2H3,(H,17,22)(H,19,21). The number of thiophene rings is 1. The van der Waals surface area contributed by atoms with E-state index in [1.54, 1.807) is 25.1 Å². The van der Waals surface area contributed by atoms with Crippen LogP contribution in [0.5, 0.6) is 0 Å². The highest BCUT2D eigenvalue weighted by Crippen LogP contribution is 2.27. The van der Waals surface area contributed by atoms with Crippen molar-refractivity contribution in [2.75, 3.05) is 11.9 Å². The zero-order valence-electron chi connectivity index (χ0n) is 13.7. The molecule has 130 valence electrons. The molecule has 0 radical (unpaired) electrons. The Labute approximate surface area is 147 Å².